The Balaban J connectivity index is 1.73. The molecule has 6 heteroatoms. The van der Waals surface area contributed by atoms with Gasteiger partial charge < -0.3 is 19.7 Å². The molecule has 1 aliphatic rings. The smallest absolute Gasteiger partial charge is 0.225 e. The highest BCUT2D eigenvalue weighted by atomic mass is 35.5. The number of nitrogens with one attached hydrogen (secondary N) is 1. The first-order valence-electron chi connectivity index (χ1n) is 7.49. The van der Waals surface area contributed by atoms with Crippen LogP contribution in [0.5, 0.6) is 0 Å². The third-order valence-electron chi connectivity index (χ3n) is 3.66. The average Bonchev–Trinajstić information content (AvgIpc) is 2.51. The lowest BCUT2D eigenvalue weighted by Gasteiger charge is -2.27. The lowest BCUT2D eigenvalue weighted by atomic mass is 10.2. The van der Waals surface area contributed by atoms with E-state index in [9.17, 15) is 4.79 Å². The van der Waals surface area contributed by atoms with Crippen LogP contribution in [-0.4, -0.2) is 56.9 Å². The Morgan fingerprint density at radius 3 is 3.00 bits per heavy atom. The average molecular weight is 327 g/mol. The number of anilines is 1. The van der Waals surface area contributed by atoms with Gasteiger partial charge in [-0.1, -0.05) is 17.7 Å². The number of hydrogen-bond acceptors (Lipinski definition) is 4. The Kier molecular flexibility index (Phi) is 6.64. The van der Waals surface area contributed by atoms with Gasteiger partial charge in [0.2, 0.25) is 5.91 Å². The van der Waals surface area contributed by atoms with Gasteiger partial charge in [-0.15, -0.1) is 0 Å². The predicted molar refractivity (Wildman–Crippen MR) is 87.5 cm³/mol. The summed E-state index contributed by atoms with van der Waals surface area (Å²) in [6.07, 6.45) is 0.521. The van der Waals surface area contributed by atoms with Gasteiger partial charge in [0.25, 0.3) is 0 Å². The summed E-state index contributed by atoms with van der Waals surface area (Å²) in [5.41, 5.74) is 1.66. The van der Waals surface area contributed by atoms with Crippen LogP contribution < -0.4 is 5.32 Å². The van der Waals surface area contributed by atoms with Crippen LogP contribution in [0.15, 0.2) is 18.2 Å². The van der Waals surface area contributed by atoms with Crippen LogP contribution in [0.25, 0.3) is 0 Å². The predicted octanol–water partition coefficient (Wildman–Crippen LogP) is 2.32. The summed E-state index contributed by atoms with van der Waals surface area (Å²) in [5.74, 6) is -0.0157. The summed E-state index contributed by atoms with van der Waals surface area (Å²) in [6, 6.07) is 5.50. The van der Waals surface area contributed by atoms with Crippen molar-refractivity contribution in [3.8, 4) is 0 Å². The summed E-state index contributed by atoms with van der Waals surface area (Å²) in [6.45, 7) is 5.27. The molecular weight excluding hydrogens is 304 g/mol. The summed E-state index contributed by atoms with van der Waals surface area (Å²) < 4.78 is 11.0. The van der Waals surface area contributed by atoms with Gasteiger partial charge in [-0.25, -0.2) is 0 Å². The van der Waals surface area contributed by atoms with Crippen molar-refractivity contribution in [1.29, 1.82) is 0 Å². The van der Waals surface area contributed by atoms with Gasteiger partial charge in [0.15, 0.2) is 0 Å². The highest BCUT2D eigenvalue weighted by molar-refractivity contribution is 6.31. The maximum atomic E-state index is 12.0. The van der Waals surface area contributed by atoms with Gasteiger partial charge in [-0.3, -0.25) is 4.79 Å². The zero-order valence-corrected chi connectivity index (χ0v) is 13.9. The van der Waals surface area contributed by atoms with E-state index >= 15 is 0 Å². The molecule has 122 valence electrons. The monoisotopic (exact) mass is 326 g/mol. The summed E-state index contributed by atoms with van der Waals surface area (Å²) in [7, 11) is 1.98. The van der Waals surface area contributed by atoms with Gasteiger partial charge in [0.1, 0.15) is 0 Å². The molecule has 0 unspecified atom stereocenters. The van der Waals surface area contributed by atoms with Crippen LogP contribution in [0.4, 0.5) is 5.69 Å². The highest BCUT2D eigenvalue weighted by Gasteiger charge is 2.17. The SMILES string of the molecule is Cc1c(Cl)cccc1NC(=O)CCN(C)C[C@@H]1COCCO1. The topological polar surface area (TPSA) is 50.8 Å². The molecular formula is C16H23ClN2O3. The normalized spacial score (nSPS) is 18.5. The van der Waals surface area contributed by atoms with Crippen LogP contribution in [0.1, 0.15) is 12.0 Å². The van der Waals surface area contributed by atoms with Crippen molar-refractivity contribution in [3.63, 3.8) is 0 Å². The molecule has 1 aliphatic heterocycles. The standard InChI is InChI=1S/C16H23ClN2O3/c1-12-14(17)4-3-5-15(12)18-16(20)6-7-19(2)10-13-11-21-8-9-22-13/h3-5,13H,6-11H2,1-2H3,(H,18,20)/t13-/m1/s1. The Bertz CT molecular complexity index is 504. The van der Waals surface area contributed by atoms with Crippen LogP contribution in [-0.2, 0) is 14.3 Å². The van der Waals surface area contributed by atoms with Crippen LogP contribution >= 0.6 is 11.6 Å². The van der Waals surface area contributed by atoms with Crippen LogP contribution in [0.2, 0.25) is 5.02 Å². The first-order chi connectivity index (χ1) is 10.6. The van der Waals surface area contributed by atoms with Crippen molar-refractivity contribution in [1.82, 2.24) is 4.90 Å². The molecule has 22 heavy (non-hydrogen) atoms. The molecule has 0 aliphatic carbocycles. The highest BCUT2D eigenvalue weighted by Crippen LogP contribution is 2.22. The van der Waals surface area contributed by atoms with E-state index in [1.165, 1.54) is 0 Å². The van der Waals surface area contributed by atoms with Crippen molar-refractivity contribution < 1.29 is 14.3 Å². The minimum Gasteiger partial charge on any atom is -0.376 e. The molecule has 0 bridgehead atoms. The number of halogens is 1. The van der Waals surface area contributed by atoms with Crippen molar-refractivity contribution in [3.05, 3.63) is 28.8 Å². The molecule has 0 spiro atoms. The quantitative estimate of drug-likeness (QED) is 0.871. The van der Waals surface area contributed by atoms with E-state index in [1.54, 1.807) is 0 Å². The number of benzene rings is 1. The van der Waals surface area contributed by atoms with Crippen molar-refractivity contribution in [2.45, 2.75) is 19.4 Å². The van der Waals surface area contributed by atoms with Gasteiger partial charge in [0.05, 0.1) is 25.9 Å². The second kappa shape index (κ2) is 8.48. The lowest BCUT2D eigenvalue weighted by molar-refractivity contribution is -0.117. The third kappa shape index (κ3) is 5.25. The van der Waals surface area contributed by atoms with Crippen molar-refractivity contribution in [2.75, 3.05) is 45.3 Å². The maximum Gasteiger partial charge on any atom is 0.225 e. The fraction of sp³-hybridized carbons (Fsp3) is 0.562. The largest absolute Gasteiger partial charge is 0.376 e. The fourth-order valence-corrected chi connectivity index (χ4v) is 2.50. The summed E-state index contributed by atoms with van der Waals surface area (Å²) >= 11 is 6.05. The Morgan fingerprint density at radius 2 is 2.27 bits per heavy atom. The number of likely N-dealkylation sites (N-methyl/N-ethyl adjacent to an activating group) is 1. The molecule has 1 fully saturated rings. The number of carbonyl (C=O) groups is 1. The van der Waals surface area contributed by atoms with Crippen molar-refractivity contribution in [2.24, 2.45) is 0 Å². The maximum absolute atomic E-state index is 12.0. The Hall–Kier alpha value is -1.14. The molecule has 1 aromatic carbocycles. The number of ether oxygens (including phenoxy) is 2. The first-order valence-corrected chi connectivity index (χ1v) is 7.87. The fourth-order valence-electron chi connectivity index (χ4n) is 2.33. The summed E-state index contributed by atoms with van der Waals surface area (Å²) in [4.78, 5) is 14.1. The lowest BCUT2D eigenvalue weighted by Crippen LogP contribution is -2.39. The number of nitrogens with zero attached hydrogens (tertiary/aromatic N) is 1. The molecule has 1 atom stereocenters. The van der Waals surface area contributed by atoms with E-state index in [4.69, 9.17) is 21.1 Å². The number of rotatable bonds is 6. The summed E-state index contributed by atoms with van der Waals surface area (Å²) in [5, 5.41) is 3.56. The Labute approximate surface area is 136 Å². The number of hydrogen-bond donors (Lipinski definition) is 1. The molecule has 1 saturated heterocycles. The van der Waals surface area contributed by atoms with Gasteiger partial charge >= 0.3 is 0 Å². The number of amides is 1. The van der Waals surface area contributed by atoms with Gasteiger partial charge in [0, 0.05) is 30.2 Å². The zero-order chi connectivity index (χ0) is 15.9. The molecule has 1 heterocycles. The van der Waals surface area contributed by atoms with Gasteiger partial charge in [-0.05, 0) is 31.7 Å². The van der Waals surface area contributed by atoms with Crippen LogP contribution in [0.3, 0.4) is 0 Å². The minimum atomic E-state index is -0.0157. The van der Waals surface area contributed by atoms with E-state index in [-0.39, 0.29) is 12.0 Å². The molecule has 1 aromatic rings. The third-order valence-corrected chi connectivity index (χ3v) is 4.07. The van der Waals surface area contributed by atoms with E-state index < -0.39 is 0 Å². The molecule has 1 N–H and O–H groups in total. The second-order valence-corrected chi connectivity index (χ2v) is 5.95. The van der Waals surface area contributed by atoms with Crippen LogP contribution in [0, 0.1) is 6.92 Å². The van der Waals surface area contributed by atoms with Crippen molar-refractivity contribution >= 4 is 23.2 Å². The molecule has 0 radical (unpaired) electrons. The van der Waals surface area contributed by atoms with E-state index in [0.717, 1.165) is 17.8 Å². The molecule has 0 aromatic heterocycles. The van der Waals surface area contributed by atoms with E-state index in [0.29, 0.717) is 37.8 Å². The second-order valence-electron chi connectivity index (χ2n) is 5.54. The Morgan fingerprint density at radius 1 is 1.45 bits per heavy atom. The van der Waals surface area contributed by atoms with E-state index in [1.807, 2.05) is 32.2 Å². The molecule has 1 amide bonds. The van der Waals surface area contributed by atoms with E-state index in [2.05, 4.69) is 10.2 Å². The van der Waals surface area contributed by atoms with Gasteiger partial charge in [-0.2, -0.15) is 0 Å². The minimum absolute atomic E-state index is 0.0157. The zero-order valence-electron chi connectivity index (χ0n) is 13.1. The first kappa shape index (κ1) is 17.2. The molecule has 5 nitrogen and oxygen atoms in total. The molecule has 0 saturated carbocycles. The number of carbonyl (C=O) groups excluding carboxylic acids is 1. The molecule has 2 rings (SSSR count).